The van der Waals surface area contributed by atoms with Gasteiger partial charge in [-0.25, -0.2) is 26.7 Å². The van der Waals surface area contributed by atoms with Gasteiger partial charge in [-0.3, -0.25) is 10.1 Å². The summed E-state index contributed by atoms with van der Waals surface area (Å²) in [6.07, 6.45) is -0.0371. The highest BCUT2D eigenvalue weighted by molar-refractivity contribution is 7.89. The minimum Gasteiger partial charge on any atom is -0.258 e. The molecule has 0 heterocycles. The first-order valence-electron chi connectivity index (χ1n) is 5.47. The second-order valence-electron chi connectivity index (χ2n) is 3.99. The third-order valence-electron chi connectivity index (χ3n) is 2.31. The van der Waals surface area contributed by atoms with Gasteiger partial charge in [0.05, 0.1) is 15.7 Å². The Morgan fingerprint density at radius 2 is 1.90 bits per heavy atom. The molecular formula is C9H12ClN3O6S2. The molecule has 0 saturated heterocycles. The van der Waals surface area contributed by atoms with Crippen molar-refractivity contribution in [1.29, 1.82) is 0 Å². The van der Waals surface area contributed by atoms with Gasteiger partial charge in [0.15, 0.2) is 0 Å². The van der Waals surface area contributed by atoms with E-state index in [1.54, 1.807) is 0 Å². The zero-order valence-corrected chi connectivity index (χ0v) is 12.9. The van der Waals surface area contributed by atoms with Crippen LogP contribution in [0.3, 0.4) is 0 Å². The van der Waals surface area contributed by atoms with Crippen LogP contribution in [-0.4, -0.2) is 34.1 Å². The number of nitro groups is 1. The Bertz CT molecular complexity index is 747. The van der Waals surface area contributed by atoms with Gasteiger partial charge in [0.1, 0.15) is 4.90 Å². The number of nitrogens with one attached hydrogen (secondary N) is 1. The molecule has 0 saturated carbocycles. The maximum absolute atomic E-state index is 12.0. The topological polar surface area (TPSA) is 149 Å². The van der Waals surface area contributed by atoms with Crippen LogP contribution in [0.4, 0.5) is 5.69 Å². The summed E-state index contributed by atoms with van der Waals surface area (Å²) < 4.78 is 47.4. The van der Waals surface area contributed by atoms with Gasteiger partial charge in [-0.1, -0.05) is 11.6 Å². The lowest BCUT2D eigenvalue weighted by Crippen LogP contribution is -2.27. The quantitative estimate of drug-likeness (QED) is 0.404. The number of nitrogens with zero attached hydrogens (tertiary/aromatic N) is 1. The van der Waals surface area contributed by atoms with E-state index in [-0.39, 0.29) is 18.0 Å². The standard InChI is InChI=1S/C9H12ClN3O6S2/c10-8-3-2-7(13(14)15)6-9(8)21(18,19)12-4-1-5-20(11,16)17/h2-3,6,12H,1,4-5H2,(H2,11,16,17). The van der Waals surface area contributed by atoms with Crippen LogP contribution in [0.25, 0.3) is 0 Å². The van der Waals surface area contributed by atoms with Gasteiger partial charge in [0.2, 0.25) is 20.0 Å². The molecule has 0 amide bonds. The molecule has 21 heavy (non-hydrogen) atoms. The average Bonchev–Trinajstić information content (AvgIpc) is 2.33. The van der Waals surface area contributed by atoms with Gasteiger partial charge in [-0.15, -0.1) is 0 Å². The van der Waals surface area contributed by atoms with Crippen LogP contribution >= 0.6 is 11.6 Å². The number of hydrogen-bond acceptors (Lipinski definition) is 6. The Balaban J connectivity index is 2.88. The molecule has 0 unspecified atom stereocenters. The predicted molar refractivity (Wildman–Crippen MR) is 75.9 cm³/mol. The first kappa shape index (κ1) is 17.8. The Kier molecular flexibility index (Phi) is 5.64. The second kappa shape index (κ2) is 6.66. The fraction of sp³-hybridized carbons (Fsp3) is 0.333. The van der Waals surface area contributed by atoms with Crippen LogP contribution in [0, 0.1) is 10.1 Å². The van der Waals surface area contributed by atoms with Gasteiger partial charge < -0.3 is 0 Å². The van der Waals surface area contributed by atoms with Gasteiger partial charge >= 0.3 is 0 Å². The smallest absolute Gasteiger partial charge is 0.258 e. The maximum atomic E-state index is 12.0. The second-order valence-corrected chi connectivity index (χ2v) is 7.87. The van der Waals surface area contributed by atoms with E-state index in [4.69, 9.17) is 16.7 Å². The molecule has 0 bridgehead atoms. The molecule has 3 N–H and O–H groups in total. The highest BCUT2D eigenvalue weighted by Gasteiger charge is 2.21. The molecule has 0 aliphatic heterocycles. The van der Waals surface area contributed by atoms with E-state index in [0.717, 1.165) is 18.2 Å². The van der Waals surface area contributed by atoms with Crippen LogP contribution in [-0.2, 0) is 20.0 Å². The van der Waals surface area contributed by atoms with E-state index in [0.29, 0.717) is 0 Å². The van der Waals surface area contributed by atoms with E-state index in [1.807, 2.05) is 0 Å². The van der Waals surface area contributed by atoms with Gasteiger partial charge in [0.25, 0.3) is 5.69 Å². The van der Waals surface area contributed by atoms with Crippen LogP contribution in [0.15, 0.2) is 23.1 Å². The van der Waals surface area contributed by atoms with Crippen molar-refractivity contribution in [3.63, 3.8) is 0 Å². The fourth-order valence-electron chi connectivity index (χ4n) is 1.37. The summed E-state index contributed by atoms with van der Waals surface area (Å²) in [7, 11) is -7.77. The van der Waals surface area contributed by atoms with E-state index in [9.17, 15) is 26.9 Å². The molecule has 118 valence electrons. The Morgan fingerprint density at radius 1 is 1.29 bits per heavy atom. The van der Waals surface area contributed by atoms with Crippen molar-refractivity contribution in [2.45, 2.75) is 11.3 Å². The number of nitrogens with two attached hydrogens (primary N) is 1. The molecule has 0 aromatic heterocycles. The maximum Gasteiger partial charge on any atom is 0.270 e. The molecule has 0 atom stereocenters. The van der Waals surface area contributed by atoms with Crippen LogP contribution in [0.2, 0.25) is 5.02 Å². The lowest BCUT2D eigenvalue weighted by molar-refractivity contribution is -0.385. The van der Waals surface area contributed by atoms with Crippen molar-refractivity contribution in [2.24, 2.45) is 5.14 Å². The Labute approximate surface area is 126 Å². The molecule has 0 fully saturated rings. The van der Waals surface area contributed by atoms with Crippen LogP contribution in [0.1, 0.15) is 6.42 Å². The van der Waals surface area contributed by atoms with E-state index in [1.165, 1.54) is 0 Å². The molecular weight excluding hydrogens is 346 g/mol. The summed E-state index contributed by atoms with van der Waals surface area (Å²) in [5.41, 5.74) is -0.427. The van der Waals surface area contributed by atoms with Gasteiger partial charge in [-0.05, 0) is 12.5 Å². The average molecular weight is 358 g/mol. The Hall–Kier alpha value is -1.27. The number of benzene rings is 1. The number of rotatable bonds is 7. The molecule has 0 aliphatic rings. The zero-order chi connectivity index (χ0) is 16.3. The lowest BCUT2D eigenvalue weighted by atomic mass is 10.3. The molecule has 1 rings (SSSR count). The summed E-state index contributed by atoms with van der Waals surface area (Å²) >= 11 is 5.71. The molecule has 9 nitrogen and oxygen atoms in total. The van der Waals surface area contributed by atoms with Crippen molar-refractivity contribution < 1.29 is 21.8 Å². The third-order valence-corrected chi connectivity index (χ3v) is 5.11. The molecule has 1 aromatic carbocycles. The molecule has 1 aromatic rings. The van der Waals surface area contributed by atoms with E-state index < -0.39 is 41.3 Å². The minimum absolute atomic E-state index is 0.0371. The number of sulfonamides is 2. The first-order valence-corrected chi connectivity index (χ1v) is 9.05. The number of non-ortho nitro benzene ring substituents is 1. The Morgan fingerprint density at radius 3 is 2.43 bits per heavy atom. The summed E-state index contributed by atoms with van der Waals surface area (Å²) in [5, 5.41) is 15.2. The number of halogens is 1. The van der Waals surface area contributed by atoms with Crippen molar-refractivity contribution in [2.75, 3.05) is 12.3 Å². The molecule has 0 aliphatic carbocycles. The molecule has 12 heteroatoms. The van der Waals surface area contributed by atoms with E-state index in [2.05, 4.69) is 4.72 Å². The fourth-order valence-corrected chi connectivity index (χ4v) is 3.51. The number of primary sulfonamides is 1. The SMILES string of the molecule is NS(=O)(=O)CCCNS(=O)(=O)c1cc([N+](=O)[O-])ccc1Cl. The van der Waals surface area contributed by atoms with Gasteiger partial charge in [-0.2, -0.15) is 0 Å². The lowest BCUT2D eigenvalue weighted by Gasteiger charge is -2.08. The van der Waals surface area contributed by atoms with Crippen molar-refractivity contribution in [3.05, 3.63) is 33.3 Å². The summed E-state index contributed by atoms with van der Waals surface area (Å²) in [6.45, 7) is -0.197. The van der Waals surface area contributed by atoms with Gasteiger partial charge in [0, 0.05) is 18.7 Å². The largest absolute Gasteiger partial charge is 0.270 e. The molecule has 0 spiro atoms. The zero-order valence-electron chi connectivity index (χ0n) is 10.5. The normalized spacial score (nSPS) is 12.3. The summed E-state index contributed by atoms with van der Waals surface area (Å²) in [5.74, 6) is -0.391. The first-order chi connectivity index (χ1) is 9.53. The number of nitro benzene ring substituents is 1. The van der Waals surface area contributed by atoms with Crippen molar-refractivity contribution in [3.8, 4) is 0 Å². The minimum atomic E-state index is -4.09. The monoisotopic (exact) mass is 357 g/mol. The summed E-state index contributed by atoms with van der Waals surface area (Å²) in [6, 6.07) is 2.99. The van der Waals surface area contributed by atoms with Crippen LogP contribution < -0.4 is 9.86 Å². The summed E-state index contributed by atoms with van der Waals surface area (Å²) in [4.78, 5) is 9.43. The van der Waals surface area contributed by atoms with Crippen molar-refractivity contribution >= 4 is 37.3 Å². The highest BCUT2D eigenvalue weighted by Crippen LogP contribution is 2.25. The third kappa shape index (κ3) is 5.55. The number of hydrogen-bond donors (Lipinski definition) is 2. The predicted octanol–water partition coefficient (Wildman–Crippen LogP) is 0.205. The van der Waals surface area contributed by atoms with E-state index >= 15 is 0 Å². The highest BCUT2D eigenvalue weighted by atomic mass is 35.5. The van der Waals surface area contributed by atoms with Crippen LogP contribution in [0.5, 0.6) is 0 Å². The van der Waals surface area contributed by atoms with Crippen molar-refractivity contribution in [1.82, 2.24) is 4.72 Å². The molecule has 0 radical (unpaired) electrons.